The Morgan fingerprint density at radius 3 is 2.82 bits per heavy atom. The lowest BCUT2D eigenvalue weighted by atomic mass is 10.1. The minimum absolute atomic E-state index is 0.0578. The molecule has 0 aromatic heterocycles. The average Bonchev–Trinajstić information content (AvgIpc) is 2.27. The van der Waals surface area contributed by atoms with E-state index in [1.54, 1.807) is 13.0 Å². The number of alkyl carbamates (subject to hydrolysis) is 1. The molecule has 1 amide bonds. The van der Waals surface area contributed by atoms with E-state index in [-0.39, 0.29) is 18.1 Å². The molecule has 6 heteroatoms. The zero-order chi connectivity index (χ0) is 12.8. The third-order valence-corrected chi connectivity index (χ3v) is 2.27. The Labute approximate surface area is 104 Å². The van der Waals surface area contributed by atoms with Crippen LogP contribution in [0.4, 0.5) is 9.18 Å². The molecule has 1 rings (SSSR count). The number of ether oxygens (including phenoxy) is 1. The number of carbonyl (C=O) groups excluding carboxylic acids is 1. The van der Waals surface area contributed by atoms with Gasteiger partial charge in [-0.2, -0.15) is 0 Å². The smallest absolute Gasteiger partial charge is 0.407 e. The second-order valence-electron chi connectivity index (χ2n) is 3.24. The van der Waals surface area contributed by atoms with Crippen LogP contribution >= 0.6 is 12.2 Å². The van der Waals surface area contributed by atoms with Crippen molar-refractivity contribution in [1.29, 1.82) is 0 Å². The summed E-state index contributed by atoms with van der Waals surface area (Å²) in [5, 5.41) is 2.42. The highest BCUT2D eigenvalue weighted by molar-refractivity contribution is 7.80. The van der Waals surface area contributed by atoms with Crippen LogP contribution < -0.4 is 11.1 Å². The van der Waals surface area contributed by atoms with Crippen molar-refractivity contribution < 1.29 is 13.9 Å². The zero-order valence-corrected chi connectivity index (χ0v) is 10.1. The van der Waals surface area contributed by atoms with Crippen molar-refractivity contribution in [1.82, 2.24) is 5.32 Å². The van der Waals surface area contributed by atoms with Gasteiger partial charge in [0.15, 0.2) is 0 Å². The van der Waals surface area contributed by atoms with Crippen LogP contribution in [0.1, 0.15) is 18.1 Å². The van der Waals surface area contributed by atoms with Gasteiger partial charge < -0.3 is 15.8 Å². The quantitative estimate of drug-likeness (QED) is 0.805. The van der Waals surface area contributed by atoms with Crippen LogP contribution in [0.5, 0.6) is 0 Å². The van der Waals surface area contributed by atoms with Crippen molar-refractivity contribution in [3.63, 3.8) is 0 Å². The predicted molar refractivity (Wildman–Crippen MR) is 66.1 cm³/mol. The lowest BCUT2D eigenvalue weighted by molar-refractivity contribution is 0.151. The Kier molecular flexibility index (Phi) is 4.84. The molecule has 0 saturated heterocycles. The SMILES string of the molecule is CCOC(=O)NCc1ccc(C(N)=S)cc1F. The number of nitrogens with two attached hydrogens (primary N) is 1. The molecule has 0 bridgehead atoms. The van der Waals surface area contributed by atoms with Gasteiger partial charge in [-0.05, 0) is 13.0 Å². The summed E-state index contributed by atoms with van der Waals surface area (Å²) in [5.74, 6) is -0.466. The number of carbonyl (C=O) groups is 1. The molecular weight excluding hydrogens is 243 g/mol. The molecule has 0 aliphatic carbocycles. The molecule has 0 aliphatic heterocycles. The van der Waals surface area contributed by atoms with E-state index in [2.05, 4.69) is 10.1 Å². The molecular formula is C11H13FN2O2S. The Hall–Kier alpha value is -1.69. The van der Waals surface area contributed by atoms with Crippen LogP contribution in [0, 0.1) is 5.82 Å². The maximum absolute atomic E-state index is 13.5. The molecule has 17 heavy (non-hydrogen) atoms. The number of thiocarbonyl (C=S) groups is 1. The number of benzene rings is 1. The largest absolute Gasteiger partial charge is 0.450 e. The molecule has 0 unspecified atom stereocenters. The maximum atomic E-state index is 13.5. The number of halogens is 1. The van der Waals surface area contributed by atoms with Crippen LogP contribution in [0.15, 0.2) is 18.2 Å². The lowest BCUT2D eigenvalue weighted by Gasteiger charge is -2.07. The third-order valence-electron chi connectivity index (χ3n) is 2.04. The van der Waals surface area contributed by atoms with E-state index in [9.17, 15) is 9.18 Å². The van der Waals surface area contributed by atoms with E-state index >= 15 is 0 Å². The molecule has 3 N–H and O–H groups in total. The fourth-order valence-corrected chi connectivity index (χ4v) is 1.32. The standard InChI is InChI=1S/C11H13FN2O2S/c1-2-16-11(15)14-6-8-4-3-7(10(13)17)5-9(8)12/h3-5H,2,6H2,1H3,(H2,13,17)(H,14,15). The van der Waals surface area contributed by atoms with Gasteiger partial charge in [0, 0.05) is 17.7 Å². The Balaban J connectivity index is 2.66. The monoisotopic (exact) mass is 256 g/mol. The zero-order valence-electron chi connectivity index (χ0n) is 9.33. The highest BCUT2D eigenvalue weighted by Gasteiger charge is 2.07. The highest BCUT2D eigenvalue weighted by atomic mass is 32.1. The second-order valence-corrected chi connectivity index (χ2v) is 3.68. The Morgan fingerprint density at radius 1 is 1.59 bits per heavy atom. The summed E-state index contributed by atoms with van der Waals surface area (Å²) >= 11 is 4.73. The molecule has 1 aromatic carbocycles. The fourth-order valence-electron chi connectivity index (χ4n) is 1.19. The van der Waals surface area contributed by atoms with Crippen molar-refractivity contribution in [3.05, 3.63) is 35.1 Å². The summed E-state index contributed by atoms with van der Waals surface area (Å²) in [6.45, 7) is 2.02. The number of amides is 1. The molecule has 1 aromatic rings. The molecule has 0 heterocycles. The normalized spacial score (nSPS) is 9.76. The number of nitrogens with one attached hydrogen (secondary N) is 1. The van der Waals surface area contributed by atoms with E-state index in [1.807, 2.05) is 0 Å². The van der Waals surface area contributed by atoms with E-state index in [4.69, 9.17) is 18.0 Å². The summed E-state index contributed by atoms with van der Waals surface area (Å²) in [4.78, 5) is 11.1. The van der Waals surface area contributed by atoms with E-state index in [0.717, 1.165) is 0 Å². The molecule has 0 atom stereocenters. The van der Waals surface area contributed by atoms with E-state index < -0.39 is 11.9 Å². The van der Waals surface area contributed by atoms with Crippen LogP contribution in [0.25, 0.3) is 0 Å². The first-order valence-electron chi connectivity index (χ1n) is 5.03. The minimum Gasteiger partial charge on any atom is -0.450 e. The minimum atomic E-state index is -0.578. The van der Waals surface area contributed by atoms with Gasteiger partial charge in [-0.3, -0.25) is 0 Å². The molecule has 4 nitrogen and oxygen atoms in total. The van der Waals surface area contributed by atoms with Gasteiger partial charge in [0.2, 0.25) is 0 Å². The van der Waals surface area contributed by atoms with Gasteiger partial charge in [-0.1, -0.05) is 24.4 Å². The summed E-state index contributed by atoms with van der Waals surface area (Å²) in [6, 6.07) is 4.37. The second kappa shape index (κ2) is 6.15. The molecule has 92 valence electrons. The fraction of sp³-hybridized carbons (Fsp3) is 0.273. The van der Waals surface area contributed by atoms with Crippen molar-refractivity contribution in [2.75, 3.05) is 6.61 Å². The first kappa shape index (κ1) is 13.4. The number of hydrogen-bond donors (Lipinski definition) is 2. The predicted octanol–water partition coefficient (Wildman–Crippen LogP) is 1.71. The maximum Gasteiger partial charge on any atom is 0.407 e. The average molecular weight is 256 g/mol. The van der Waals surface area contributed by atoms with Crippen LogP contribution in [0.2, 0.25) is 0 Å². The van der Waals surface area contributed by atoms with Crippen molar-refractivity contribution in [2.45, 2.75) is 13.5 Å². The lowest BCUT2D eigenvalue weighted by Crippen LogP contribution is -2.24. The van der Waals surface area contributed by atoms with Gasteiger partial charge >= 0.3 is 6.09 Å². The summed E-state index contributed by atoms with van der Waals surface area (Å²) in [7, 11) is 0. The van der Waals surface area contributed by atoms with Gasteiger partial charge in [0.25, 0.3) is 0 Å². The van der Waals surface area contributed by atoms with Gasteiger partial charge in [-0.15, -0.1) is 0 Å². The number of hydrogen-bond acceptors (Lipinski definition) is 3. The van der Waals surface area contributed by atoms with E-state index in [1.165, 1.54) is 12.1 Å². The van der Waals surface area contributed by atoms with Crippen molar-refractivity contribution in [2.24, 2.45) is 5.73 Å². The van der Waals surface area contributed by atoms with E-state index in [0.29, 0.717) is 11.1 Å². The molecule has 0 saturated carbocycles. The molecule has 0 radical (unpaired) electrons. The molecule has 0 fully saturated rings. The first-order valence-corrected chi connectivity index (χ1v) is 5.44. The van der Waals surface area contributed by atoms with Crippen LogP contribution in [-0.4, -0.2) is 17.7 Å². The summed E-state index contributed by atoms with van der Waals surface area (Å²) < 4.78 is 18.2. The summed E-state index contributed by atoms with van der Waals surface area (Å²) in [5.41, 5.74) is 6.17. The van der Waals surface area contributed by atoms with Gasteiger partial charge in [0.1, 0.15) is 10.8 Å². The van der Waals surface area contributed by atoms with Crippen LogP contribution in [0.3, 0.4) is 0 Å². The van der Waals surface area contributed by atoms with Crippen molar-refractivity contribution >= 4 is 23.3 Å². The highest BCUT2D eigenvalue weighted by Crippen LogP contribution is 2.10. The Morgan fingerprint density at radius 2 is 2.29 bits per heavy atom. The first-order chi connectivity index (χ1) is 8.04. The molecule has 0 aliphatic rings. The van der Waals surface area contributed by atoms with Crippen LogP contribution in [-0.2, 0) is 11.3 Å². The van der Waals surface area contributed by atoms with Crippen molar-refractivity contribution in [3.8, 4) is 0 Å². The van der Waals surface area contributed by atoms with Gasteiger partial charge in [-0.25, -0.2) is 9.18 Å². The topological polar surface area (TPSA) is 64.3 Å². The third kappa shape index (κ3) is 3.99. The number of rotatable bonds is 4. The summed E-state index contributed by atoms with van der Waals surface area (Å²) in [6.07, 6.45) is -0.578. The van der Waals surface area contributed by atoms with Gasteiger partial charge in [0.05, 0.1) is 6.61 Å². The Bertz CT molecular complexity index is 437. The molecule has 0 spiro atoms.